The fourth-order valence-corrected chi connectivity index (χ4v) is 4.93. The van der Waals surface area contributed by atoms with Crippen molar-refractivity contribution >= 4 is 34.0 Å². The first kappa shape index (κ1) is 17.9. The molecule has 0 bridgehead atoms. The summed E-state index contributed by atoms with van der Waals surface area (Å²) in [7, 11) is 0. The van der Waals surface area contributed by atoms with Gasteiger partial charge in [0.15, 0.2) is 0 Å². The Morgan fingerprint density at radius 3 is 2.64 bits per heavy atom. The molecule has 1 aromatic heterocycles. The van der Waals surface area contributed by atoms with Crippen LogP contribution in [0.25, 0.3) is 0 Å². The van der Waals surface area contributed by atoms with Crippen LogP contribution in [0.1, 0.15) is 18.4 Å². The highest BCUT2D eigenvalue weighted by Crippen LogP contribution is 2.34. The van der Waals surface area contributed by atoms with E-state index in [4.69, 9.17) is 0 Å². The van der Waals surface area contributed by atoms with Gasteiger partial charge < -0.3 is 4.90 Å². The van der Waals surface area contributed by atoms with Gasteiger partial charge in [0, 0.05) is 13.1 Å². The zero-order chi connectivity index (χ0) is 17.6. The Hall–Kier alpha value is -1.86. The summed E-state index contributed by atoms with van der Waals surface area (Å²) in [5, 5.41) is 12.7. The molecule has 25 heavy (non-hydrogen) atoms. The third-order valence-electron chi connectivity index (χ3n) is 4.46. The number of hydrogen-bond donors (Lipinski definition) is 0. The Morgan fingerprint density at radius 2 is 1.96 bits per heavy atom. The molecule has 0 saturated carbocycles. The minimum atomic E-state index is -0.382. The lowest BCUT2D eigenvalue weighted by molar-refractivity contribution is -0.382. The van der Waals surface area contributed by atoms with Crippen LogP contribution in [0.15, 0.2) is 46.7 Å². The molecular weight excluding hydrogens is 356 g/mol. The van der Waals surface area contributed by atoms with Crippen molar-refractivity contribution in [3.63, 3.8) is 0 Å². The maximum Gasteiger partial charge on any atom is 0.337 e. The van der Waals surface area contributed by atoms with Crippen LogP contribution >= 0.6 is 23.1 Å². The topological polar surface area (TPSA) is 63.4 Å². The summed E-state index contributed by atoms with van der Waals surface area (Å²) in [5.74, 6) is 0.960. The van der Waals surface area contributed by atoms with Gasteiger partial charge in [-0.15, -0.1) is 11.8 Å². The van der Waals surface area contributed by atoms with Gasteiger partial charge in [0.2, 0.25) is 5.91 Å². The van der Waals surface area contributed by atoms with E-state index in [-0.39, 0.29) is 21.6 Å². The lowest BCUT2D eigenvalue weighted by atomic mass is 9.90. The standard InChI is InChI=1S/C18H20N2O3S2/c21-17(13-25-16-8-11-24-18(16)20(22)23)19-9-6-15(7-10-19)12-14-4-2-1-3-5-14/h1-5,8,11,15H,6-7,9-10,12-13H2. The Morgan fingerprint density at radius 1 is 1.24 bits per heavy atom. The summed E-state index contributed by atoms with van der Waals surface area (Å²) in [4.78, 5) is 25.4. The molecule has 2 aromatic rings. The average molecular weight is 377 g/mol. The van der Waals surface area contributed by atoms with Gasteiger partial charge in [-0.2, -0.15) is 0 Å². The predicted octanol–water partition coefficient (Wildman–Crippen LogP) is 4.23. The number of rotatable bonds is 6. The van der Waals surface area contributed by atoms with Gasteiger partial charge in [0.05, 0.1) is 15.6 Å². The minimum Gasteiger partial charge on any atom is -0.342 e. The summed E-state index contributed by atoms with van der Waals surface area (Å²) in [6.45, 7) is 1.56. The SMILES string of the molecule is O=C(CSc1ccsc1[N+](=O)[O-])N1CCC(Cc2ccccc2)CC1. The van der Waals surface area contributed by atoms with E-state index in [0.29, 0.717) is 10.8 Å². The van der Waals surface area contributed by atoms with E-state index in [1.165, 1.54) is 17.3 Å². The number of piperidine rings is 1. The molecule has 132 valence electrons. The Labute approximate surface area is 155 Å². The highest BCUT2D eigenvalue weighted by atomic mass is 32.2. The maximum atomic E-state index is 12.4. The molecule has 0 aliphatic carbocycles. The van der Waals surface area contributed by atoms with Gasteiger partial charge >= 0.3 is 5.00 Å². The van der Waals surface area contributed by atoms with Crippen LogP contribution in [0.2, 0.25) is 0 Å². The molecule has 1 amide bonds. The van der Waals surface area contributed by atoms with Crippen molar-refractivity contribution in [2.24, 2.45) is 5.92 Å². The molecule has 0 unspecified atom stereocenters. The lowest BCUT2D eigenvalue weighted by Gasteiger charge is -2.32. The third kappa shape index (κ3) is 4.83. The number of amides is 1. The highest BCUT2D eigenvalue weighted by Gasteiger charge is 2.24. The van der Waals surface area contributed by atoms with Gasteiger partial charge in [-0.1, -0.05) is 41.7 Å². The Balaban J connectivity index is 1.45. The second-order valence-corrected chi connectivity index (χ2v) is 8.06. The highest BCUT2D eigenvalue weighted by molar-refractivity contribution is 8.00. The van der Waals surface area contributed by atoms with Gasteiger partial charge in [0.1, 0.15) is 0 Å². The molecule has 1 aromatic carbocycles. The minimum absolute atomic E-state index is 0.0728. The molecule has 5 nitrogen and oxygen atoms in total. The molecular formula is C18H20N2O3S2. The van der Waals surface area contributed by atoms with Crippen LogP contribution in [0.5, 0.6) is 0 Å². The van der Waals surface area contributed by atoms with E-state index < -0.39 is 0 Å². The quantitative estimate of drug-likeness (QED) is 0.430. The van der Waals surface area contributed by atoms with Crippen LogP contribution in [0.4, 0.5) is 5.00 Å². The zero-order valence-electron chi connectivity index (χ0n) is 13.8. The van der Waals surface area contributed by atoms with Crippen molar-refractivity contribution in [2.45, 2.75) is 24.2 Å². The molecule has 3 rings (SSSR count). The first-order chi connectivity index (χ1) is 12.1. The molecule has 0 N–H and O–H groups in total. The average Bonchev–Trinajstić information content (AvgIpc) is 3.10. The van der Waals surface area contributed by atoms with Crippen LogP contribution in [-0.4, -0.2) is 34.6 Å². The summed E-state index contributed by atoms with van der Waals surface area (Å²) < 4.78 is 0. The molecule has 2 heterocycles. The number of carbonyl (C=O) groups excluding carboxylic acids is 1. The smallest absolute Gasteiger partial charge is 0.337 e. The first-order valence-electron chi connectivity index (χ1n) is 8.30. The molecule has 0 spiro atoms. The normalized spacial score (nSPS) is 15.3. The molecule has 1 fully saturated rings. The van der Waals surface area contributed by atoms with Crippen molar-refractivity contribution in [3.8, 4) is 0 Å². The van der Waals surface area contributed by atoms with Crippen LogP contribution in [0, 0.1) is 16.0 Å². The molecule has 7 heteroatoms. The number of nitrogens with zero attached hydrogens (tertiary/aromatic N) is 2. The van der Waals surface area contributed by atoms with E-state index in [1.807, 2.05) is 11.0 Å². The van der Waals surface area contributed by atoms with Gasteiger partial charge in [0.25, 0.3) is 0 Å². The third-order valence-corrected chi connectivity index (χ3v) is 6.49. The van der Waals surface area contributed by atoms with Crippen molar-refractivity contribution in [2.75, 3.05) is 18.8 Å². The predicted molar refractivity (Wildman–Crippen MR) is 101 cm³/mol. The number of carbonyl (C=O) groups is 1. The summed E-state index contributed by atoms with van der Waals surface area (Å²) in [6.07, 6.45) is 3.10. The number of thiophene rings is 1. The Kier molecular flexibility index (Phi) is 6.09. The van der Waals surface area contributed by atoms with E-state index in [0.717, 1.165) is 43.7 Å². The number of thioether (sulfide) groups is 1. The first-order valence-corrected chi connectivity index (χ1v) is 10.2. The van der Waals surface area contributed by atoms with Crippen LogP contribution in [0.3, 0.4) is 0 Å². The second kappa shape index (κ2) is 8.49. The Bertz CT molecular complexity index is 725. The molecule has 1 saturated heterocycles. The van der Waals surface area contributed by atoms with Gasteiger partial charge in [-0.05, 0) is 42.2 Å². The van der Waals surface area contributed by atoms with Crippen LogP contribution < -0.4 is 0 Å². The number of likely N-dealkylation sites (tertiary alicyclic amines) is 1. The largest absolute Gasteiger partial charge is 0.342 e. The van der Waals surface area contributed by atoms with Gasteiger partial charge in [-0.25, -0.2) is 0 Å². The molecule has 1 aliphatic rings. The van der Waals surface area contributed by atoms with Crippen molar-refractivity contribution in [1.29, 1.82) is 0 Å². The fraction of sp³-hybridized carbons (Fsp3) is 0.389. The van der Waals surface area contributed by atoms with Crippen molar-refractivity contribution < 1.29 is 9.72 Å². The van der Waals surface area contributed by atoms with E-state index in [2.05, 4.69) is 24.3 Å². The fourth-order valence-electron chi connectivity index (χ4n) is 3.10. The van der Waals surface area contributed by atoms with Gasteiger partial charge in [-0.3, -0.25) is 14.9 Å². The summed E-state index contributed by atoms with van der Waals surface area (Å²) in [6, 6.07) is 12.2. The van der Waals surface area contributed by atoms with Crippen molar-refractivity contribution in [3.05, 3.63) is 57.5 Å². The number of benzene rings is 1. The molecule has 1 aliphatic heterocycles. The second-order valence-electron chi connectivity index (χ2n) is 6.15. The maximum absolute atomic E-state index is 12.4. The molecule has 0 radical (unpaired) electrons. The van der Waals surface area contributed by atoms with Crippen LogP contribution in [-0.2, 0) is 11.2 Å². The van der Waals surface area contributed by atoms with Crippen molar-refractivity contribution in [1.82, 2.24) is 4.90 Å². The number of nitro groups is 1. The number of hydrogen-bond acceptors (Lipinski definition) is 5. The van der Waals surface area contributed by atoms with E-state index in [1.54, 1.807) is 11.4 Å². The zero-order valence-corrected chi connectivity index (χ0v) is 15.4. The summed E-state index contributed by atoms with van der Waals surface area (Å²) >= 11 is 2.37. The lowest BCUT2D eigenvalue weighted by Crippen LogP contribution is -2.39. The van der Waals surface area contributed by atoms with E-state index in [9.17, 15) is 14.9 Å². The molecule has 0 atom stereocenters. The van der Waals surface area contributed by atoms with E-state index >= 15 is 0 Å². The summed E-state index contributed by atoms with van der Waals surface area (Å²) in [5.41, 5.74) is 1.35. The monoisotopic (exact) mass is 376 g/mol.